The second kappa shape index (κ2) is 5.87. The fourth-order valence-corrected chi connectivity index (χ4v) is 2.18. The van der Waals surface area contributed by atoms with E-state index in [0.29, 0.717) is 0 Å². The zero-order valence-electron chi connectivity index (χ0n) is 11.6. The molecule has 2 rings (SSSR count). The van der Waals surface area contributed by atoms with Crippen LogP contribution < -0.4 is 10.6 Å². The zero-order chi connectivity index (χ0) is 13.0. The summed E-state index contributed by atoms with van der Waals surface area (Å²) in [6.07, 6.45) is 0.285. The average Bonchev–Trinajstić information content (AvgIpc) is 2.78. The number of furan rings is 1. The Morgan fingerprint density at radius 3 is 2.89 bits per heavy atom. The van der Waals surface area contributed by atoms with Crippen LogP contribution in [0.25, 0.3) is 0 Å². The molecular weight excluding hydrogens is 228 g/mol. The van der Waals surface area contributed by atoms with E-state index in [2.05, 4.69) is 30.5 Å². The first kappa shape index (κ1) is 13.6. The van der Waals surface area contributed by atoms with Crippen molar-refractivity contribution in [3.63, 3.8) is 0 Å². The molecule has 0 aliphatic carbocycles. The third-order valence-electron chi connectivity index (χ3n) is 3.35. The number of aryl methyl sites for hydroxylation is 1. The molecule has 0 saturated carbocycles. The average molecular weight is 252 g/mol. The molecule has 0 aromatic carbocycles. The molecule has 2 N–H and O–H groups in total. The van der Waals surface area contributed by atoms with Crippen molar-refractivity contribution >= 4 is 0 Å². The highest BCUT2D eigenvalue weighted by atomic mass is 16.5. The molecule has 1 fully saturated rings. The monoisotopic (exact) mass is 252 g/mol. The normalized spacial score (nSPS) is 21.2. The van der Waals surface area contributed by atoms with Crippen LogP contribution in [0.1, 0.15) is 25.4 Å². The molecule has 1 saturated heterocycles. The minimum atomic E-state index is 0.0103. The molecule has 1 aliphatic rings. The van der Waals surface area contributed by atoms with E-state index in [1.807, 2.05) is 13.0 Å². The molecule has 0 bridgehead atoms. The largest absolute Gasteiger partial charge is 0.466 e. The van der Waals surface area contributed by atoms with Crippen molar-refractivity contribution in [1.29, 1.82) is 0 Å². The molecule has 18 heavy (non-hydrogen) atoms. The van der Waals surface area contributed by atoms with Gasteiger partial charge in [-0.1, -0.05) is 13.8 Å². The van der Waals surface area contributed by atoms with Gasteiger partial charge in [-0.15, -0.1) is 0 Å². The van der Waals surface area contributed by atoms with Crippen molar-refractivity contribution in [2.24, 2.45) is 0 Å². The van der Waals surface area contributed by atoms with Gasteiger partial charge in [0, 0.05) is 31.6 Å². The number of hydrogen-bond acceptors (Lipinski definition) is 4. The molecule has 0 spiro atoms. The summed E-state index contributed by atoms with van der Waals surface area (Å²) in [5.74, 6) is 2.01. The Hall–Kier alpha value is -0.840. The summed E-state index contributed by atoms with van der Waals surface area (Å²) in [6.45, 7) is 10.9. The Morgan fingerprint density at radius 2 is 2.28 bits per heavy atom. The van der Waals surface area contributed by atoms with Crippen LogP contribution in [0.2, 0.25) is 0 Å². The molecule has 2 heterocycles. The second-order valence-corrected chi connectivity index (χ2v) is 5.62. The second-order valence-electron chi connectivity index (χ2n) is 5.62. The van der Waals surface area contributed by atoms with Crippen molar-refractivity contribution in [3.05, 3.63) is 23.7 Å². The Balaban J connectivity index is 1.78. The first-order valence-corrected chi connectivity index (χ1v) is 6.68. The molecule has 4 heteroatoms. The molecule has 4 nitrogen and oxygen atoms in total. The Morgan fingerprint density at radius 1 is 1.44 bits per heavy atom. The van der Waals surface area contributed by atoms with Gasteiger partial charge in [0.2, 0.25) is 0 Å². The molecule has 102 valence electrons. The van der Waals surface area contributed by atoms with Crippen molar-refractivity contribution in [3.8, 4) is 0 Å². The number of morpholine rings is 1. The van der Waals surface area contributed by atoms with Crippen LogP contribution in [-0.4, -0.2) is 38.9 Å². The third-order valence-corrected chi connectivity index (χ3v) is 3.35. The summed E-state index contributed by atoms with van der Waals surface area (Å²) in [5, 5.41) is 6.81. The first-order valence-electron chi connectivity index (χ1n) is 6.68. The molecule has 1 atom stereocenters. The van der Waals surface area contributed by atoms with E-state index in [0.717, 1.165) is 44.3 Å². The highest BCUT2D eigenvalue weighted by molar-refractivity contribution is 5.15. The summed E-state index contributed by atoms with van der Waals surface area (Å²) < 4.78 is 11.4. The van der Waals surface area contributed by atoms with Gasteiger partial charge in [0.25, 0.3) is 0 Å². The van der Waals surface area contributed by atoms with Crippen molar-refractivity contribution in [1.82, 2.24) is 10.6 Å². The van der Waals surface area contributed by atoms with Gasteiger partial charge in [-0.3, -0.25) is 0 Å². The maximum absolute atomic E-state index is 5.71. The van der Waals surface area contributed by atoms with E-state index in [1.54, 1.807) is 0 Å². The SMILES string of the molecule is Cc1ccc(C(C)(C)CNCC2CNCCO2)o1. The predicted molar refractivity (Wildman–Crippen MR) is 72.0 cm³/mol. The molecule has 1 aliphatic heterocycles. The number of ether oxygens (including phenoxy) is 1. The minimum Gasteiger partial charge on any atom is -0.466 e. The van der Waals surface area contributed by atoms with E-state index in [9.17, 15) is 0 Å². The van der Waals surface area contributed by atoms with E-state index >= 15 is 0 Å². The highest BCUT2D eigenvalue weighted by Gasteiger charge is 2.24. The van der Waals surface area contributed by atoms with Gasteiger partial charge in [-0.05, 0) is 19.1 Å². The standard InChI is InChI=1S/C14H24N2O2/c1-11-4-5-13(18-11)14(2,3)10-16-9-12-8-15-6-7-17-12/h4-5,12,15-16H,6-10H2,1-3H3. The predicted octanol–water partition coefficient (Wildman–Crippen LogP) is 1.44. The summed E-state index contributed by atoms with van der Waals surface area (Å²) in [7, 11) is 0. The van der Waals surface area contributed by atoms with Crippen LogP contribution >= 0.6 is 0 Å². The van der Waals surface area contributed by atoms with Crippen LogP contribution in [-0.2, 0) is 10.2 Å². The Bertz CT molecular complexity index is 368. The van der Waals surface area contributed by atoms with E-state index in [-0.39, 0.29) is 11.5 Å². The topological polar surface area (TPSA) is 46.4 Å². The lowest BCUT2D eigenvalue weighted by Gasteiger charge is -2.27. The van der Waals surface area contributed by atoms with Gasteiger partial charge in [-0.2, -0.15) is 0 Å². The van der Waals surface area contributed by atoms with Crippen LogP contribution in [0, 0.1) is 6.92 Å². The van der Waals surface area contributed by atoms with Gasteiger partial charge in [-0.25, -0.2) is 0 Å². The Kier molecular flexibility index (Phi) is 4.43. The smallest absolute Gasteiger partial charge is 0.111 e. The fraction of sp³-hybridized carbons (Fsp3) is 0.714. The quantitative estimate of drug-likeness (QED) is 0.832. The first-order chi connectivity index (χ1) is 8.58. The maximum atomic E-state index is 5.71. The van der Waals surface area contributed by atoms with Gasteiger partial charge in [0.15, 0.2) is 0 Å². The minimum absolute atomic E-state index is 0.0103. The van der Waals surface area contributed by atoms with Crippen LogP contribution in [0.4, 0.5) is 0 Å². The summed E-state index contributed by atoms with van der Waals surface area (Å²) >= 11 is 0. The van der Waals surface area contributed by atoms with Crippen LogP contribution in [0.5, 0.6) is 0 Å². The lowest BCUT2D eigenvalue weighted by atomic mass is 9.90. The van der Waals surface area contributed by atoms with Gasteiger partial charge < -0.3 is 19.8 Å². The van der Waals surface area contributed by atoms with Crippen LogP contribution in [0.3, 0.4) is 0 Å². The maximum Gasteiger partial charge on any atom is 0.111 e. The molecule has 1 aromatic rings. The molecule has 1 aromatic heterocycles. The van der Waals surface area contributed by atoms with Crippen LogP contribution in [0.15, 0.2) is 16.5 Å². The van der Waals surface area contributed by atoms with E-state index < -0.39 is 0 Å². The summed E-state index contributed by atoms with van der Waals surface area (Å²) in [6, 6.07) is 4.08. The van der Waals surface area contributed by atoms with E-state index in [1.165, 1.54) is 0 Å². The lowest BCUT2D eigenvalue weighted by molar-refractivity contribution is 0.0285. The van der Waals surface area contributed by atoms with Gasteiger partial charge >= 0.3 is 0 Å². The van der Waals surface area contributed by atoms with E-state index in [4.69, 9.17) is 9.15 Å². The molecule has 1 unspecified atom stereocenters. The lowest BCUT2D eigenvalue weighted by Crippen LogP contribution is -2.46. The van der Waals surface area contributed by atoms with Crippen molar-refractivity contribution in [2.45, 2.75) is 32.3 Å². The van der Waals surface area contributed by atoms with Crippen molar-refractivity contribution < 1.29 is 9.15 Å². The fourth-order valence-electron chi connectivity index (χ4n) is 2.18. The highest BCUT2D eigenvalue weighted by Crippen LogP contribution is 2.24. The number of nitrogens with one attached hydrogen (secondary N) is 2. The summed E-state index contributed by atoms with van der Waals surface area (Å²) in [4.78, 5) is 0. The number of hydrogen-bond donors (Lipinski definition) is 2. The molecule has 0 radical (unpaired) electrons. The van der Waals surface area contributed by atoms with Gasteiger partial charge in [0.05, 0.1) is 12.7 Å². The van der Waals surface area contributed by atoms with Gasteiger partial charge in [0.1, 0.15) is 11.5 Å². The third kappa shape index (κ3) is 3.57. The Labute approximate surface area is 109 Å². The molecule has 0 amide bonds. The molecular formula is C14H24N2O2. The summed E-state index contributed by atoms with van der Waals surface area (Å²) in [5.41, 5.74) is 0.0103. The number of rotatable bonds is 5. The zero-order valence-corrected chi connectivity index (χ0v) is 11.6. The van der Waals surface area contributed by atoms with Crippen molar-refractivity contribution in [2.75, 3.05) is 32.8 Å².